The first kappa shape index (κ1) is 12.0. The molecule has 0 spiro atoms. The van der Waals surface area contributed by atoms with E-state index in [1.54, 1.807) is 6.07 Å². The Morgan fingerprint density at radius 1 is 1.53 bits per heavy atom. The van der Waals surface area contributed by atoms with E-state index in [4.69, 9.17) is 9.52 Å². The lowest BCUT2D eigenvalue weighted by atomic mass is 10.2. The molecule has 3 N–H and O–H groups in total. The Hall–Kier alpha value is -2.08. The van der Waals surface area contributed by atoms with Crippen molar-refractivity contribution in [2.45, 2.75) is 18.9 Å². The molecule has 1 heterocycles. The Labute approximate surface area is 109 Å². The first-order valence-electron chi connectivity index (χ1n) is 6.19. The Bertz CT molecular complexity index is 618. The average Bonchev–Trinajstić information content (AvgIpc) is 3.15. The van der Waals surface area contributed by atoms with Gasteiger partial charge in [0.1, 0.15) is 5.52 Å². The van der Waals surface area contributed by atoms with Crippen LogP contribution in [0.4, 0.5) is 6.01 Å². The van der Waals surface area contributed by atoms with E-state index in [1.165, 1.54) is 12.1 Å². The highest BCUT2D eigenvalue weighted by Crippen LogP contribution is 2.32. The number of carboxylic acids is 1. The highest BCUT2D eigenvalue weighted by atomic mass is 16.4. The molecule has 19 heavy (non-hydrogen) atoms. The highest BCUT2D eigenvalue weighted by Gasteiger charge is 2.29. The number of aliphatic hydroxyl groups is 1. The summed E-state index contributed by atoms with van der Waals surface area (Å²) in [5.74, 6) is -0.618. The maximum absolute atomic E-state index is 10.8. The third-order valence-corrected chi connectivity index (χ3v) is 3.26. The monoisotopic (exact) mass is 262 g/mol. The number of hydrogen-bond acceptors (Lipinski definition) is 5. The summed E-state index contributed by atoms with van der Waals surface area (Å²) >= 11 is 0. The summed E-state index contributed by atoms with van der Waals surface area (Å²) in [4.78, 5) is 15.0. The van der Waals surface area contributed by atoms with Crippen LogP contribution < -0.4 is 5.32 Å². The molecule has 1 unspecified atom stereocenters. The van der Waals surface area contributed by atoms with Gasteiger partial charge in [-0.3, -0.25) is 0 Å². The van der Waals surface area contributed by atoms with Crippen LogP contribution in [0.1, 0.15) is 23.2 Å². The molecule has 6 heteroatoms. The van der Waals surface area contributed by atoms with Crippen molar-refractivity contribution in [1.82, 2.24) is 4.98 Å². The number of aliphatic hydroxyl groups excluding tert-OH is 1. The van der Waals surface area contributed by atoms with Gasteiger partial charge >= 0.3 is 5.97 Å². The van der Waals surface area contributed by atoms with Crippen LogP contribution in [0.3, 0.4) is 0 Å². The molecule has 3 rings (SSSR count). The Morgan fingerprint density at radius 2 is 2.32 bits per heavy atom. The number of carbonyl (C=O) groups is 1. The van der Waals surface area contributed by atoms with E-state index in [0.717, 1.165) is 12.8 Å². The molecule has 1 aromatic heterocycles. The summed E-state index contributed by atoms with van der Waals surface area (Å²) in [6.07, 6.45) is 1.75. The standard InChI is InChI=1S/C13H14N2O4/c16-10(7-1-2-7)6-14-13-15-9-4-3-8(12(17)18)5-11(9)19-13/h3-5,7,10,16H,1-2,6H2,(H,14,15)(H,17,18). The second-order valence-electron chi connectivity index (χ2n) is 4.79. The van der Waals surface area contributed by atoms with E-state index in [-0.39, 0.29) is 11.7 Å². The van der Waals surface area contributed by atoms with E-state index in [2.05, 4.69) is 10.3 Å². The smallest absolute Gasteiger partial charge is 0.335 e. The van der Waals surface area contributed by atoms with E-state index < -0.39 is 5.97 Å². The first-order valence-corrected chi connectivity index (χ1v) is 6.19. The zero-order valence-corrected chi connectivity index (χ0v) is 10.2. The quantitative estimate of drug-likeness (QED) is 0.759. The molecular weight excluding hydrogens is 248 g/mol. The molecule has 0 amide bonds. The van der Waals surface area contributed by atoms with Gasteiger partial charge in [0.05, 0.1) is 11.7 Å². The molecule has 1 fully saturated rings. The SMILES string of the molecule is O=C(O)c1ccc2nc(NCC(O)C3CC3)oc2c1. The number of nitrogens with zero attached hydrogens (tertiary/aromatic N) is 1. The summed E-state index contributed by atoms with van der Waals surface area (Å²) in [6.45, 7) is 0.392. The fourth-order valence-corrected chi connectivity index (χ4v) is 1.97. The molecule has 1 aromatic carbocycles. The molecule has 1 atom stereocenters. The van der Waals surface area contributed by atoms with E-state index in [0.29, 0.717) is 29.6 Å². The highest BCUT2D eigenvalue weighted by molar-refractivity contribution is 5.92. The number of fused-ring (bicyclic) bond motifs is 1. The van der Waals surface area contributed by atoms with E-state index in [1.807, 2.05) is 0 Å². The largest absolute Gasteiger partial charge is 0.478 e. The lowest BCUT2D eigenvalue weighted by Gasteiger charge is -2.08. The van der Waals surface area contributed by atoms with E-state index in [9.17, 15) is 9.90 Å². The van der Waals surface area contributed by atoms with Crippen molar-refractivity contribution in [3.8, 4) is 0 Å². The number of aromatic carboxylic acids is 1. The van der Waals surface area contributed by atoms with Gasteiger partial charge in [-0.05, 0) is 37.0 Å². The summed E-state index contributed by atoms with van der Waals surface area (Å²) in [5, 5.41) is 21.5. The lowest BCUT2D eigenvalue weighted by molar-refractivity contribution is 0.0697. The van der Waals surface area contributed by atoms with Crippen LogP contribution in [0, 0.1) is 5.92 Å². The number of benzene rings is 1. The number of aromatic nitrogens is 1. The van der Waals surface area contributed by atoms with Gasteiger partial charge < -0.3 is 19.9 Å². The van der Waals surface area contributed by atoms with Gasteiger partial charge in [-0.2, -0.15) is 4.98 Å². The van der Waals surface area contributed by atoms with Gasteiger partial charge in [-0.1, -0.05) is 0 Å². The van der Waals surface area contributed by atoms with Crippen molar-refractivity contribution in [2.75, 3.05) is 11.9 Å². The summed E-state index contributed by atoms with van der Waals surface area (Å²) < 4.78 is 5.41. The van der Waals surface area contributed by atoms with Gasteiger partial charge in [-0.25, -0.2) is 4.79 Å². The zero-order chi connectivity index (χ0) is 13.4. The molecule has 0 radical (unpaired) electrons. The third kappa shape index (κ3) is 2.53. The van der Waals surface area contributed by atoms with Crippen molar-refractivity contribution >= 4 is 23.1 Å². The number of rotatable bonds is 5. The Balaban J connectivity index is 1.75. The van der Waals surface area contributed by atoms with Crippen molar-refractivity contribution < 1.29 is 19.4 Å². The minimum Gasteiger partial charge on any atom is -0.478 e. The molecule has 1 saturated carbocycles. The van der Waals surface area contributed by atoms with Gasteiger partial charge in [0.2, 0.25) is 0 Å². The lowest BCUT2D eigenvalue weighted by Crippen LogP contribution is -2.21. The minimum atomic E-state index is -1.00. The number of anilines is 1. The first-order chi connectivity index (χ1) is 9.13. The van der Waals surface area contributed by atoms with Crippen LogP contribution in [-0.2, 0) is 0 Å². The maximum atomic E-state index is 10.8. The molecule has 2 aromatic rings. The molecular formula is C13H14N2O4. The zero-order valence-electron chi connectivity index (χ0n) is 10.2. The summed E-state index contributed by atoms with van der Waals surface area (Å²) in [5.41, 5.74) is 1.17. The maximum Gasteiger partial charge on any atom is 0.335 e. The molecule has 1 aliphatic carbocycles. The minimum absolute atomic E-state index is 0.160. The van der Waals surface area contributed by atoms with Crippen LogP contribution in [-0.4, -0.2) is 33.8 Å². The van der Waals surface area contributed by atoms with Crippen LogP contribution >= 0.6 is 0 Å². The van der Waals surface area contributed by atoms with Gasteiger partial charge in [-0.15, -0.1) is 0 Å². The third-order valence-electron chi connectivity index (χ3n) is 3.26. The number of carboxylic acid groups (broad SMARTS) is 1. The topological polar surface area (TPSA) is 95.6 Å². The fraction of sp³-hybridized carbons (Fsp3) is 0.385. The second kappa shape index (κ2) is 4.55. The Morgan fingerprint density at radius 3 is 3.00 bits per heavy atom. The summed E-state index contributed by atoms with van der Waals surface area (Å²) in [6, 6.07) is 4.82. The molecule has 6 nitrogen and oxygen atoms in total. The fourth-order valence-electron chi connectivity index (χ4n) is 1.97. The predicted octanol–water partition coefficient (Wildman–Crippen LogP) is 1.71. The van der Waals surface area contributed by atoms with Crippen molar-refractivity contribution in [2.24, 2.45) is 5.92 Å². The van der Waals surface area contributed by atoms with Gasteiger partial charge in [0.15, 0.2) is 5.58 Å². The number of oxazole rings is 1. The van der Waals surface area contributed by atoms with Gasteiger partial charge in [0, 0.05) is 6.54 Å². The molecule has 100 valence electrons. The predicted molar refractivity (Wildman–Crippen MR) is 68.2 cm³/mol. The normalized spacial score (nSPS) is 16.5. The molecule has 0 saturated heterocycles. The average molecular weight is 262 g/mol. The summed E-state index contributed by atoms with van der Waals surface area (Å²) in [7, 11) is 0. The number of nitrogens with one attached hydrogen (secondary N) is 1. The van der Waals surface area contributed by atoms with E-state index >= 15 is 0 Å². The molecule has 1 aliphatic rings. The van der Waals surface area contributed by atoms with Crippen LogP contribution in [0.5, 0.6) is 0 Å². The van der Waals surface area contributed by atoms with Crippen molar-refractivity contribution in [3.63, 3.8) is 0 Å². The molecule has 0 bridgehead atoms. The van der Waals surface area contributed by atoms with Crippen molar-refractivity contribution in [3.05, 3.63) is 23.8 Å². The van der Waals surface area contributed by atoms with Gasteiger partial charge in [0.25, 0.3) is 6.01 Å². The molecule has 0 aliphatic heterocycles. The van der Waals surface area contributed by atoms with Crippen LogP contribution in [0.15, 0.2) is 22.6 Å². The van der Waals surface area contributed by atoms with Crippen LogP contribution in [0.25, 0.3) is 11.1 Å². The number of hydrogen-bond donors (Lipinski definition) is 3. The van der Waals surface area contributed by atoms with Crippen LogP contribution in [0.2, 0.25) is 0 Å². The van der Waals surface area contributed by atoms with Crippen molar-refractivity contribution in [1.29, 1.82) is 0 Å². The Kier molecular flexibility index (Phi) is 2.87. The second-order valence-corrected chi connectivity index (χ2v) is 4.79.